The minimum Gasteiger partial charge on any atom is -0.481 e. The van der Waals surface area contributed by atoms with E-state index in [1.165, 1.54) is 0 Å². The fourth-order valence-corrected chi connectivity index (χ4v) is 2.75. The predicted molar refractivity (Wildman–Crippen MR) is 81.2 cm³/mol. The first kappa shape index (κ1) is 14.7. The Morgan fingerprint density at radius 1 is 1.40 bits per heavy atom. The summed E-state index contributed by atoms with van der Waals surface area (Å²) in [7, 11) is 0. The van der Waals surface area contributed by atoms with Gasteiger partial charge in [0.05, 0.1) is 5.39 Å². The summed E-state index contributed by atoms with van der Waals surface area (Å²) in [6.07, 6.45) is 3.36. The molecule has 2 aromatic rings. The second kappa shape index (κ2) is 6.17. The molecule has 0 fully saturated rings. The van der Waals surface area contributed by atoms with Crippen LogP contribution in [0.1, 0.15) is 33.1 Å². The molecule has 6 heteroatoms. The number of carboxylic acid groups (broad SMARTS) is 1. The summed E-state index contributed by atoms with van der Waals surface area (Å²) in [5.74, 6) is 0.118. The molecule has 0 bridgehead atoms. The number of nitrogens with one attached hydrogen (secondary N) is 1. The zero-order valence-electron chi connectivity index (χ0n) is 11.7. The number of rotatable bonds is 7. The van der Waals surface area contributed by atoms with Crippen molar-refractivity contribution in [1.82, 2.24) is 9.97 Å². The lowest BCUT2D eigenvalue weighted by molar-refractivity contribution is -0.137. The van der Waals surface area contributed by atoms with Crippen molar-refractivity contribution < 1.29 is 9.90 Å². The van der Waals surface area contributed by atoms with Crippen molar-refractivity contribution in [3.05, 3.63) is 17.8 Å². The predicted octanol–water partition coefficient (Wildman–Crippen LogP) is 3.38. The van der Waals surface area contributed by atoms with Crippen LogP contribution in [0, 0.1) is 5.41 Å². The van der Waals surface area contributed by atoms with Crippen molar-refractivity contribution >= 4 is 33.3 Å². The first-order valence-electron chi connectivity index (χ1n) is 6.62. The molecule has 108 valence electrons. The number of nitrogens with zero attached hydrogens (tertiary/aromatic N) is 2. The van der Waals surface area contributed by atoms with Gasteiger partial charge in [-0.1, -0.05) is 13.8 Å². The van der Waals surface area contributed by atoms with Gasteiger partial charge < -0.3 is 10.4 Å². The van der Waals surface area contributed by atoms with Gasteiger partial charge in [0.2, 0.25) is 0 Å². The Kier molecular flexibility index (Phi) is 4.54. The lowest BCUT2D eigenvalue weighted by Gasteiger charge is -2.24. The molecule has 2 N–H and O–H groups in total. The Labute approximate surface area is 122 Å². The summed E-state index contributed by atoms with van der Waals surface area (Å²) in [5, 5.41) is 15.1. The standard InChI is InChI=1S/C14H19N3O2S/c1-14(2,5-3-11(18)19)6-7-15-12-10-4-8-20-13(10)17-9-16-12/h4,8-9H,3,5-7H2,1-2H3,(H,18,19)(H,15,16,17). The molecule has 0 amide bonds. The minimum atomic E-state index is -0.734. The molecular weight excluding hydrogens is 274 g/mol. The molecule has 2 heterocycles. The van der Waals surface area contributed by atoms with Gasteiger partial charge in [-0.15, -0.1) is 11.3 Å². The van der Waals surface area contributed by atoms with Crippen molar-refractivity contribution in [1.29, 1.82) is 0 Å². The number of aromatic nitrogens is 2. The summed E-state index contributed by atoms with van der Waals surface area (Å²) < 4.78 is 0. The van der Waals surface area contributed by atoms with E-state index < -0.39 is 5.97 Å². The molecule has 2 aromatic heterocycles. The highest BCUT2D eigenvalue weighted by Gasteiger charge is 2.19. The van der Waals surface area contributed by atoms with Crippen LogP contribution in [0.4, 0.5) is 5.82 Å². The molecule has 0 saturated carbocycles. The van der Waals surface area contributed by atoms with Crippen LogP contribution >= 0.6 is 11.3 Å². The molecule has 0 aliphatic rings. The number of thiophene rings is 1. The van der Waals surface area contributed by atoms with E-state index >= 15 is 0 Å². The van der Waals surface area contributed by atoms with Crippen LogP contribution in [0.25, 0.3) is 10.2 Å². The third-order valence-electron chi connectivity index (χ3n) is 3.37. The second-order valence-corrected chi connectivity index (χ2v) is 6.49. The highest BCUT2D eigenvalue weighted by atomic mass is 32.1. The van der Waals surface area contributed by atoms with Crippen LogP contribution in [0.15, 0.2) is 17.8 Å². The van der Waals surface area contributed by atoms with E-state index in [1.54, 1.807) is 17.7 Å². The SMILES string of the molecule is CC(C)(CCNc1ncnc2sccc12)CCC(=O)O. The average Bonchev–Trinajstić information content (AvgIpc) is 2.85. The molecule has 0 spiro atoms. The van der Waals surface area contributed by atoms with Crippen molar-refractivity contribution in [3.8, 4) is 0 Å². The minimum absolute atomic E-state index is 0.00613. The van der Waals surface area contributed by atoms with Crippen LogP contribution in [0.3, 0.4) is 0 Å². The zero-order chi connectivity index (χ0) is 14.6. The van der Waals surface area contributed by atoms with Gasteiger partial charge in [-0.2, -0.15) is 0 Å². The molecule has 0 atom stereocenters. The van der Waals surface area contributed by atoms with Crippen molar-refractivity contribution in [2.45, 2.75) is 33.1 Å². The third kappa shape index (κ3) is 3.90. The number of aliphatic carboxylic acids is 1. The van der Waals surface area contributed by atoms with Gasteiger partial charge >= 0.3 is 5.97 Å². The van der Waals surface area contributed by atoms with Gasteiger partial charge in [0, 0.05) is 13.0 Å². The molecular formula is C14H19N3O2S. The van der Waals surface area contributed by atoms with Gasteiger partial charge in [0.1, 0.15) is 17.0 Å². The fraction of sp³-hybridized carbons (Fsp3) is 0.500. The molecule has 0 aliphatic carbocycles. The number of carboxylic acids is 1. The fourth-order valence-electron chi connectivity index (χ4n) is 2.02. The Bertz CT molecular complexity index is 595. The van der Waals surface area contributed by atoms with Crippen molar-refractivity contribution in [2.24, 2.45) is 5.41 Å². The topological polar surface area (TPSA) is 75.1 Å². The van der Waals surface area contributed by atoms with Crippen LogP contribution in [0.2, 0.25) is 0 Å². The lowest BCUT2D eigenvalue weighted by atomic mass is 9.84. The van der Waals surface area contributed by atoms with Crippen LogP contribution in [-0.4, -0.2) is 27.6 Å². The summed E-state index contributed by atoms with van der Waals surface area (Å²) in [4.78, 5) is 20.1. The Morgan fingerprint density at radius 3 is 2.95 bits per heavy atom. The third-order valence-corrected chi connectivity index (χ3v) is 4.19. The molecule has 20 heavy (non-hydrogen) atoms. The number of hydrogen-bond acceptors (Lipinski definition) is 5. The number of anilines is 1. The van der Waals surface area contributed by atoms with E-state index in [2.05, 4.69) is 29.1 Å². The first-order chi connectivity index (χ1) is 9.48. The second-order valence-electron chi connectivity index (χ2n) is 5.60. The van der Waals surface area contributed by atoms with Gasteiger partial charge in [0.25, 0.3) is 0 Å². The van der Waals surface area contributed by atoms with E-state index in [1.807, 2.05) is 11.4 Å². The Morgan fingerprint density at radius 2 is 2.20 bits per heavy atom. The monoisotopic (exact) mass is 293 g/mol. The highest BCUT2D eigenvalue weighted by molar-refractivity contribution is 7.16. The smallest absolute Gasteiger partial charge is 0.303 e. The van der Waals surface area contributed by atoms with Crippen molar-refractivity contribution in [2.75, 3.05) is 11.9 Å². The first-order valence-corrected chi connectivity index (χ1v) is 7.50. The molecule has 5 nitrogen and oxygen atoms in total. The van der Waals surface area contributed by atoms with E-state index in [0.717, 1.165) is 29.0 Å². The molecule has 2 rings (SSSR count). The molecule has 0 aliphatic heterocycles. The number of fused-ring (bicyclic) bond motifs is 1. The van der Waals surface area contributed by atoms with E-state index in [-0.39, 0.29) is 11.8 Å². The molecule has 0 saturated heterocycles. The van der Waals surface area contributed by atoms with Crippen LogP contribution in [0.5, 0.6) is 0 Å². The normalized spacial score (nSPS) is 11.7. The quantitative estimate of drug-likeness (QED) is 0.818. The van der Waals surface area contributed by atoms with Gasteiger partial charge in [-0.3, -0.25) is 4.79 Å². The maximum absolute atomic E-state index is 10.6. The Balaban J connectivity index is 1.89. The number of hydrogen-bond donors (Lipinski definition) is 2. The summed E-state index contributed by atoms with van der Waals surface area (Å²) in [6.45, 7) is 4.96. The van der Waals surface area contributed by atoms with E-state index in [9.17, 15) is 4.79 Å². The van der Waals surface area contributed by atoms with Crippen LogP contribution in [-0.2, 0) is 4.79 Å². The maximum atomic E-state index is 10.6. The molecule has 0 unspecified atom stereocenters. The number of carbonyl (C=O) groups is 1. The molecule has 0 radical (unpaired) electrons. The Hall–Kier alpha value is -1.69. The summed E-state index contributed by atoms with van der Waals surface area (Å²) in [5.41, 5.74) is 0.00613. The zero-order valence-corrected chi connectivity index (χ0v) is 12.5. The van der Waals surface area contributed by atoms with E-state index in [4.69, 9.17) is 5.11 Å². The van der Waals surface area contributed by atoms with Gasteiger partial charge in [-0.05, 0) is 29.7 Å². The molecule has 0 aromatic carbocycles. The summed E-state index contributed by atoms with van der Waals surface area (Å²) >= 11 is 1.60. The lowest BCUT2D eigenvalue weighted by Crippen LogP contribution is -2.18. The largest absolute Gasteiger partial charge is 0.481 e. The van der Waals surface area contributed by atoms with Crippen molar-refractivity contribution in [3.63, 3.8) is 0 Å². The van der Waals surface area contributed by atoms with E-state index in [0.29, 0.717) is 6.42 Å². The maximum Gasteiger partial charge on any atom is 0.303 e. The van der Waals surface area contributed by atoms with Crippen LogP contribution < -0.4 is 5.32 Å². The van der Waals surface area contributed by atoms with Gasteiger partial charge in [-0.25, -0.2) is 9.97 Å². The highest BCUT2D eigenvalue weighted by Crippen LogP contribution is 2.28. The average molecular weight is 293 g/mol. The summed E-state index contributed by atoms with van der Waals surface area (Å²) in [6, 6.07) is 2.01. The van der Waals surface area contributed by atoms with Gasteiger partial charge in [0.15, 0.2) is 0 Å².